The first-order valence-corrected chi connectivity index (χ1v) is 8.11. The fourth-order valence-electron chi connectivity index (χ4n) is 2.19. The van der Waals surface area contributed by atoms with Crippen LogP contribution in [0.2, 0.25) is 0 Å². The van der Waals surface area contributed by atoms with Gasteiger partial charge in [0.2, 0.25) is 0 Å². The summed E-state index contributed by atoms with van der Waals surface area (Å²) in [5, 5.41) is 2.50. The third kappa shape index (κ3) is 6.52. The smallest absolute Gasteiger partial charge is 0.465 e. The molecule has 2 aromatic carbocycles. The maximum atomic E-state index is 12.1. The number of ether oxygens (including phenoxy) is 3. The van der Waals surface area contributed by atoms with Gasteiger partial charge in [0.25, 0.3) is 5.91 Å². The lowest BCUT2D eigenvalue weighted by molar-refractivity contribution is -0.274. The Labute approximate surface area is 163 Å². The third-order valence-electron chi connectivity index (χ3n) is 3.59. The molecule has 0 aromatic heterocycles. The summed E-state index contributed by atoms with van der Waals surface area (Å²) in [7, 11) is 1.22. The number of rotatable bonds is 6. The van der Waals surface area contributed by atoms with Crippen molar-refractivity contribution in [2.24, 2.45) is 0 Å². The molecular formula is C19H16F3NO6. The number of halogens is 3. The Morgan fingerprint density at radius 2 is 1.59 bits per heavy atom. The predicted molar refractivity (Wildman–Crippen MR) is 94.6 cm³/mol. The predicted octanol–water partition coefficient (Wildman–Crippen LogP) is 3.48. The highest BCUT2D eigenvalue weighted by Gasteiger charge is 2.31. The second-order valence-electron chi connectivity index (χ2n) is 5.72. The zero-order chi connectivity index (χ0) is 21.6. The molecule has 0 spiro atoms. The molecule has 0 aliphatic carbocycles. The second-order valence-corrected chi connectivity index (χ2v) is 5.72. The van der Waals surface area contributed by atoms with Crippen molar-refractivity contribution in [1.29, 1.82) is 0 Å². The number of carbonyl (C=O) groups excluding carboxylic acids is 3. The minimum absolute atomic E-state index is 0.0591. The van der Waals surface area contributed by atoms with E-state index in [1.807, 2.05) is 0 Å². The Hall–Kier alpha value is -3.56. The first-order valence-electron chi connectivity index (χ1n) is 8.11. The number of amides is 1. The highest BCUT2D eigenvalue weighted by atomic mass is 19.4. The first kappa shape index (κ1) is 21.7. The molecule has 2 rings (SSSR count). The Bertz CT molecular complexity index is 909. The monoisotopic (exact) mass is 411 g/mol. The SMILES string of the molecule is COC(=O)c1ccc(C)c(NC(=O)COC(=O)c2ccc(OC(F)(F)F)cc2)c1. The van der Waals surface area contributed by atoms with Gasteiger partial charge in [-0.25, -0.2) is 9.59 Å². The number of nitrogens with one attached hydrogen (secondary N) is 1. The van der Waals surface area contributed by atoms with Crippen LogP contribution in [0.4, 0.5) is 18.9 Å². The van der Waals surface area contributed by atoms with Gasteiger partial charge in [-0.05, 0) is 48.9 Å². The molecule has 0 heterocycles. The van der Waals surface area contributed by atoms with Gasteiger partial charge in [-0.1, -0.05) is 6.07 Å². The van der Waals surface area contributed by atoms with Crippen LogP contribution in [0, 0.1) is 6.92 Å². The van der Waals surface area contributed by atoms with Gasteiger partial charge in [0.1, 0.15) is 5.75 Å². The number of alkyl halides is 3. The zero-order valence-corrected chi connectivity index (χ0v) is 15.3. The molecule has 0 bridgehead atoms. The molecule has 29 heavy (non-hydrogen) atoms. The number of aryl methyl sites for hydroxylation is 1. The second kappa shape index (κ2) is 9.09. The van der Waals surface area contributed by atoms with Gasteiger partial charge < -0.3 is 19.5 Å². The first-order chi connectivity index (χ1) is 13.6. The van der Waals surface area contributed by atoms with Crippen LogP contribution in [0.25, 0.3) is 0 Å². The molecule has 0 saturated carbocycles. The quantitative estimate of drug-likeness (QED) is 0.732. The van der Waals surface area contributed by atoms with Gasteiger partial charge in [-0.15, -0.1) is 13.2 Å². The molecule has 1 amide bonds. The zero-order valence-electron chi connectivity index (χ0n) is 15.3. The lowest BCUT2D eigenvalue weighted by Gasteiger charge is -2.11. The molecular weight excluding hydrogens is 395 g/mol. The number of hydrogen-bond acceptors (Lipinski definition) is 6. The van der Waals surface area contributed by atoms with Crippen LogP contribution in [0.5, 0.6) is 5.75 Å². The van der Waals surface area contributed by atoms with Crippen LogP contribution in [-0.4, -0.2) is 37.9 Å². The van der Waals surface area contributed by atoms with Gasteiger partial charge in [0.15, 0.2) is 6.61 Å². The number of methoxy groups -OCH3 is 1. The van der Waals surface area contributed by atoms with Gasteiger partial charge in [-0.2, -0.15) is 0 Å². The molecule has 10 heteroatoms. The van der Waals surface area contributed by atoms with E-state index in [0.29, 0.717) is 11.3 Å². The number of anilines is 1. The fraction of sp³-hybridized carbons (Fsp3) is 0.211. The molecule has 0 atom stereocenters. The fourth-order valence-corrected chi connectivity index (χ4v) is 2.19. The minimum atomic E-state index is -4.84. The Morgan fingerprint density at radius 1 is 0.966 bits per heavy atom. The van der Waals surface area contributed by atoms with Crippen LogP contribution in [0.3, 0.4) is 0 Å². The molecule has 0 saturated heterocycles. The van der Waals surface area contributed by atoms with Gasteiger partial charge in [0.05, 0.1) is 18.2 Å². The van der Waals surface area contributed by atoms with E-state index in [1.165, 1.54) is 19.2 Å². The summed E-state index contributed by atoms with van der Waals surface area (Å²) in [6, 6.07) is 8.61. The summed E-state index contributed by atoms with van der Waals surface area (Å²) in [6.07, 6.45) is -4.84. The largest absolute Gasteiger partial charge is 0.573 e. The summed E-state index contributed by atoms with van der Waals surface area (Å²) in [4.78, 5) is 35.5. The molecule has 0 aliphatic rings. The van der Waals surface area contributed by atoms with E-state index in [4.69, 9.17) is 4.74 Å². The van der Waals surface area contributed by atoms with E-state index < -0.39 is 36.6 Å². The Morgan fingerprint density at radius 3 is 2.17 bits per heavy atom. The molecule has 0 aliphatic heterocycles. The van der Waals surface area contributed by atoms with Crippen LogP contribution >= 0.6 is 0 Å². The van der Waals surface area contributed by atoms with Crippen LogP contribution in [0.1, 0.15) is 26.3 Å². The lowest BCUT2D eigenvalue weighted by Crippen LogP contribution is -2.21. The van der Waals surface area contributed by atoms with Gasteiger partial charge >= 0.3 is 18.3 Å². The van der Waals surface area contributed by atoms with E-state index in [2.05, 4.69) is 14.8 Å². The Kier molecular flexibility index (Phi) is 6.81. The third-order valence-corrected chi connectivity index (χ3v) is 3.59. The highest BCUT2D eigenvalue weighted by Crippen LogP contribution is 2.23. The number of carbonyl (C=O) groups is 3. The summed E-state index contributed by atoms with van der Waals surface area (Å²) in [5.41, 5.74) is 1.17. The van der Waals surface area contributed by atoms with E-state index in [1.54, 1.807) is 13.0 Å². The van der Waals surface area contributed by atoms with Crippen molar-refractivity contribution in [2.75, 3.05) is 19.0 Å². The maximum Gasteiger partial charge on any atom is 0.573 e. The van der Waals surface area contributed by atoms with E-state index in [0.717, 1.165) is 24.3 Å². The molecule has 2 aromatic rings. The topological polar surface area (TPSA) is 90.9 Å². The maximum absolute atomic E-state index is 12.1. The number of hydrogen-bond donors (Lipinski definition) is 1. The molecule has 0 fully saturated rings. The summed E-state index contributed by atoms with van der Waals surface area (Å²) in [6.45, 7) is 1.06. The van der Waals surface area contributed by atoms with E-state index in [-0.39, 0.29) is 11.1 Å². The summed E-state index contributed by atoms with van der Waals surface area (Å²) < 4.78 is 49.5. The van der Waals surface area contributed by atoms with Crippen LogP contribution in [-0.2, 0) is 14.3 Å². The average molecular weight is 411 g/mol. The van der Waals surface area contributed by atoms with Crippen LogP contribution in [0.15, 0.2) is 42.5 Å². The van der Waals surface area contributed by atoms with Crippen molar-refractivity contribution < 1.29 is 41.8 Å². The molecule has 154 valence electrons. The highest BCUT2D eigenvalue weighted by molar-refractivity contribution is 5.97. The van der Waals surface area contributed by atoms with Gasteiger partial charge in [0, 0.05) is 5.69 Å². The van der Waals surface area contributed by atoms with Crippen molar-refractivity contribution in [1.82, 2.24) is 0 Å². The summed E-state index contributed by atoms with van der Waals surface area (Å²) >= 11 is 0. The number of esters is 2. The lowest BCUT2D eigenvalue weighted by atomic mass is 10.1. The standard InChI is InChI=1S/C19H16F3NO6/c1-11-3-4-13(17(25)27-2)9-15(11)23-16(24)10-28-18(26)12-5-7-14(8-6-12)29-19(20,21)22/h3-9H,10H2,1-2H3,(H,23,24). The summed E-state index contributed by atoms with van der Waals surface area (Å²) in [5.74, 6) is -2.64. The molecule has 1 N–H and O–H groups in total. The minimum Gasteiger partial charge on any atom is -0.465 e. The van der Waals surface area contributed by atoms with Crippen molar-refractivity contribution >= 4 is 23.5 Å². The average Bonchev–Trinajstić information content (AvgIpc) is 2.66. The van der Waals surface area contributed by atoms with E-state index in [9.17, 15) is 27.6 Å². The molecule has 0 radical (unpaired) electrons. The van der Waals surface area contributed by atoms with Crippen molar-refractivity contribution in [3.05, 3.63) is 59.2 Å². The Balaban J connectivity index is 1.94. The molecule has 7 nitrogen and oxygen atoms in total. The molecule has 0 unspecified atom stereocenters. The van der Waals surface area contributed by atoms with Crippen molar-refractivity contribution in [3.63, 3.8) is 0 Å². The van der Waals surface area contributed by atoms with Crippen molar-refractivity contribution in [2.45, 2.75) is 13.3 Å². The van der Waals surface area contributed by atoms with Crippen molar-refractivity contribution in [3.8, 4) is 5.75 Å². The number of benzene rings is 2. The normalized spacial score (nSPS) is 10.8. The van der Waals surface area contributed by atoms with Gasteiger partial charge in [-0.3, -0.25) is 4.79 Å². The van der Waals surface area contributed by atoms with E-state index >= 15 is 0 Å². The van der Waals surface area contributed by atoms with Crippen LogP contribution < -0.4 is 10.1 Å².